The fourth-order valence-corrected chi connectivity index (χ4v) is 5.43. The number of rotatable bonds is 3. The van der Waals surface area contributed by atoms with Gasteiger partial charge < -0.3 is 10.2 Å². The molecule has 0 spiro atoms. The van der Waals surface area contributed by atoms with E-state index in [0.29, 0.717) is 6.04 Å². The number of anilines is 2. The molecule has 1 fully saturated rings. The van der Waals surface area contributed by atoms with Crippen molar-refractivity contribution in [1.82, 2.24) is 9.97 Å². The van der Waals surface area contributed by atoms with Crippen LogP contribution in [0.15, 0.2) is 36.7 Å². The van der Waals surface area contributed by atoms with Crippen LogP contribution in [0.3, 0.4) is 0 Å². The van der Waals surface area contributed by atoms with Gasteiger partial charge >= 0.3 is 0 Å². The van der Waals surface area contributed by atoms with E-state index in [0.717, 1.165) is 18.9 Å². The maximum Gasteiger partial charge on any atom is 0.141 e. The van der Waals surface area contributed by atoms with Crippen LogP contribution in [0.1, 0.15) is 29.7 Å². The fourth-order valence-electron chi connectivity index (χ4n) is 4.21. The van der Waals surface area contributed by atoms with E-state index in [9.17, 15) is 0 Å². The summed E-state index contributed by atoms with van der Waals surface area (Å²) in [5, 5.41) is 5.03. The summed E-state index contributed by atoms with van der Waals surface area (Å²) >= 11 is 1.87. The molecule has 1 aliphatic carbocycles. The van der Waals surface area contributed by atoms with Gasteiger partial charge in [0.2, 0.25) is 0 Å². The third kappa shape index (κ3) is 2.76. The lowest BCUT2D eigenvalue weighted by molar-refractivity contribution is 0.527. The van der Waals surface area contributed by atoms with Gasteiger partial charge in [-0.15, -0.1) is 11.3 Å². The monoisotopic (exact) mass is 350 g/mol. The lowest BCUT2D eigenvalue weighted by atomic mass is 10.0. The number of fused-ring (bicyclic) bond motifs is 3. The van der Waals surface area contributed by atoms with E-state index < -0.39 is 0 Å². The van der Waals surface area contributed by atoms with Crippen LogP contribution in [0.5, 0.6) is 0 Å². The Bertz CT molecular complexity index is 889. The Morgan fingerprint density at radius 2 is 2.00 bits per heavy atom. The Morgan fingerprint density at radius 1 is 1.08 bits per heavy atom. The van der Waals surface area contributed by atoms with Crippen LogP contribution >= 0.6 is 11.3 Å². The van der Waals surface area contributed by atoms with Crippen molar-refractivity contribution in [3.05, 3.63) is 47.1 Å². The molecule has 0 amide bonds. The average molecular weight is 350 g/mol. The van der Waals surface area contributed by atoms with Gasteiger partial charge in [0.15, 0.2) is 0 Å². The molecular formula is C20H22N4S. The summed E-state index contributed by atoms with van der Waals surface area (Å²) in [7, 11) is 0. The van der Waals surface area contributed by atoms with Crippen molar-refractivity contribution in [2.24, 2.45) is 0 Å². The van der Waals surface area contributed by atoms with Gasteiger partial charge in [-0.05, 0) is 49.8 Å². The SMILES string of the molecule is c1ccc(NC2CCCN(c3ncnc4sc5c(c34)CCC5)C2)cc1. The van der Waals surface area contributed by atoms with Crippen molar-refractivity contribution in [2.75, 3.05) is 23.3 Å². The van der Waals surface area contributed by atoms with Gasteiger partial charge in [-0.2, -0.15) is 0 Å². The minimum absolute atomic E-state index is 0.466. The Kier molecular flexibility index (Phi) is 3.82. The number of para-hydroxylation sites is 1. The first-order chi connectivity index (χ1) is 12.4. The second-order valence-corrected chi connectivity index (χ2v) is 8.11. The minimum Gasteiger partial charge on any atom is -0.381 e. The largest absolute Gasteiger partial charge is 0.381 e. The highest BCUT2D eigenvalue weighted by molar-refractivity contribution is 7.19. The van der Waals surface area contributed by atoms with E-state index in [4.69, 9.17) is 4.98 Å². The van der Waals surface area contributed by atoms with Gasteiger partial charge in [-0.1, -0.05) is 18.2 Å². The molecule has 1 unspecified atom stereocenters. The highest BCUT2D eigenvalue weighted by Gasteiger charge is 2.26. The molecule has 2 aliphatic rings. The van der Waals surface area contributed by atoms with Gasteiger partial charge in [-0.3, -0.25) is 0 Å². The first kappa shape index (κ1) is 15.1. The maximum absolute atomic E-state index is 4.72. The maximum atomic E-state index is 4.72. The van der Waals surface area contributed by atoms with Gasteiger partial charge in [0.05, 0.1) is 5.39 Å². The van der Waals surface area contributed by atoms with Crippen LogP contribution in [-0.4, -0.2) is 29.1 Å². The summed E-state index contributed by atoms with van der Waals surface area (Å²) in [4.78, 5) is 14.4. The highest BCUT2D eigenvalue weighted by Crippen LogP contribution is 2.40. The van der Waals surface area contributed by atoms with Crippen LogP contribution in [0, 0.1) is 0 Å². The Balaban J connectivity index is 1.44. The Morgan fingerprint density at radius 3 is 2.92 bits per heavy atom. The summed E-state index contributed by atoms with van der Waals surface area (Å²) in [5.41, 5.74) is 2.73. The summed E-state index contributed by atoms with van der Waals surface area (Å²) in [5.74, 6) is 1.16. The second kappa shape index (κ2) is 6.30. The van der Waals surface area contributed by atoms with E-state index in [1.165, 1.54) is 58.4 Å². The van der Waals surface area contributed by atoms with Crippen molar-refractivity contribution in [3.8, 4) is 0 Å². The average Bonchev–Trinajstić information content (AvgIpc) is 3.23. The fraction of sp³-hybridized carbons (Fsp3) is 0.400. The molecule has 128 valence electrons. The first-order valence-electron chi connectivity index (χ1n) is 9.20. The van der Waals surface area contributed by atoms with E-state index in [1.54, 1.807) is 6.33 Å². The lowest BCUT2D eigenvalue weighted by Gasteiger charge is -2.34. The number of aryl methyl sites for hydroxylation is 2. The molecule has 1 aliphatic heterocycles. The van der Waals surface area contributed by atoms with Crippen molar-refractivity contribution in [2.45, 2.75) is 38.1 Å². The minimum atomic E-state index is 0.466. The van der Waals surface area contributed by atoms with Crippen molar-refractivity contribution in [3.63, 3.8) is 0 Å². The highest BCUT2D eigenvalue weighted by atomic mass is 32.1. The second-order valence-electron chi connectivity index (χ2n) is 7.03. The van der Waals surface area contributed by atoms with Crippen LogP contribution in [0.2, 0.25) is 0 Å². The molecule has 1 N–H and O–H groups in total. The predicted octanol–water partition coefficient (Wildman–Crippen LogP) is 4.26. The van der Waals surface area contributed by atoms with Crippen LogP contribution < -0.4 is 10.2 Å². The number of nitrogens with zero attached hydrogens (tertiary/aromatic N) is 3. The summed E-state index contributed by atoms with van der Waals surface area (Å²) in [6.07, 6.45) is 7.84. The molecule has 3 heterocycles. The smallest absolute Gasteiger partial charge is 0.141 e. The molecule has 3 aromatic rings. The topological polar surface area (TPSA) is 41.0 Å². The standard InChI is InChI=1S/C20H22N4S/c1-2-6-14(7-3-1)23-15-8-5-11-24(12-15)19-18-16-9-4-10-17(16)25-20(18)22-13-21-19/h1-3,6-7,13,15,23H,4-5,8-12H2. The van der Waals surface area contributed by atoms with E-state index >= 15 is 0 Å². The van der Waals surface area contributed by atoms with Crippen molar-refractivity contribution in [1.29, 1.82) is 0 Å². The molecule has 5 rings (SSSR count). The zero-order chi connectivity index (χ0) is 16.6. The normalized spacial score (nSPS) is 20.0. The van der Waals surface area contributed by atoms with Gasteiger partial charge in [0.25, 0.3) is 0 Å². The molecule has 1 aromatic carbocycles. The molecule has 1 atom stereocenters. The third-order valence-electron chi connectivity index (χ3n) is 5.35. The number of nitrogens with one attached hydrogen (secondary N) is 1. The zero-order valence-electron chi connectivity index (χ0n) is 14.2. The Hall–Kier alpha value is -2.14. The number of benzene rings is 1. The van der Waals surface area contributed by atoms with Crippen LogP contribution in [-0.2, 0) is 12.8 Å². The predicted molar refractivity (Wildman–Crippen MR) is 105 cm³/mol. The van der Waals surface area contributed by atoms with E-state index in [2.05, 4.69) is 45.5 Å². The van der Waals surface area contributed by atoms with Crippen LogP contribution in [0.4, 0.5) is 11.5 Å². The summed E-state index contributed by atoms with van der Waals surface area (Å²) < 4.78 is 0. The Labute approximate surface area is 151 Å². The third-order valence-corrected chi connectivity index (χ3v) is 6.55. The number of hydrogen-bond acceptors (Lipinski definition) is 5. The lowest BCUT2D eigenvalue weighted by Crippen LogP contribution is -2.42. The van der Waals surface area contributed by atoms with Gasteiger partial charge in [0.1, 0.15) is 17.0 Å². The molecular weight excluding hydrogens is 328 g/mol. The molecule has 5 heteroatoms. The number of aromatic nitrogens is 2. The van der Waals surface area contributed by atoms with Crippen LogP contribution in [0.25, 0.3) is 10.2 Å². The van der Waals surface area contributed by atoms with Crippen molar-refractivity contribution < 1.29 is 0 Å². The molecule has 0 bridgehead atoms. The molecule has 4 nitrogen and oxygen atoms in total. The van der Waals surface area contributed by atoms with E-state index in [1.807, 2.05) is 11.3 Å². The number of piperidine rings is 1. The zero-order valence-corrected chi connectivity index (χ0v) is 15.1. The summed E-state index contributed by atoms with van der Waals surface area (Å²) in [6.45, 7) is 2.09. The molecule has 0 saturated carbocycles. The van der Waals surface area contributed by atoms with E-state index in [-0.39, 0.29) is 0 Å². The van der Waals surface area contributed by atoms with Gasteiger partial charge in [0, 0.05) is 29.7 Å². The number of hydrogen-bond donors (Lipinski definition) is 1. The molecule has 2 aromatic heterocycles. The van der Waals surface area contributed by atoms with Crippen molar-refractivity contribution >= 4 is 33.1 Å². The first-order valence-corrected chi connectivity index (χ1v) is 10.0. The summed E-state index contributed by atoms with van der Waals surface area (Å²) in [6, 6.07) is 11.0. The quantitative estimate of drug-likeness (QED) is 0.766. The molecule has 25 heavy (non-hydrogen) atoms. The number of thiophene rings is 1. The molecule has 1 saturated heterocycles. The van der Waals surface area contributed by atoms with Gasteiger partial charge in [-0.25, -0.2) is 9.97 Å². The molecule has 0 radical (unpaired) electrons.